The molecule has 6 nitrogen and oxygen atoms in total. The zero-order valence-corrected chi connectivity index (χ0v) is 17.3. The van der Waals surface area contributed by atoms with Crippen LogP contribution in [0.1, 0.15) is 38.5 Å². The van der Waals surface area contributed by atoms with Crippen LogP contribution in [0.2, 0.25) is 0 Å². The second-order valence-electron chi connectivity index (χ2n) is 6.68. The van der Waals surface area contributed by atoms with Gasteiger partial charge in [-0.2, -0.15) is 0 Å². The van der Waals surface area contributed by atoms with Crippen LogP contribution in [0.4, 0.5) is 0 Å². The minimum atomic E-state index is -0.249. The number of rotatable bonds is 15. The van der Waals surface area contributed by atoms with E-state index in [0.717, 1.165) is 11.5 Å². The fourth-order valence-corrected chi connectivity index (χ4v) is 2.59. The molecule has 2 aromatic carbocycles. The molecule has 0 heterocycles. The maximum absolute atomic E-state index is 11.7. The Labute approximate surface area is 178 Å². The lowest BCUT2D eigenvalue weighted by Gasteiger charge is -2.08. The van der Waals surface area contributed by atoms with Crippen LogP contribution in [0.5, 0.6) is 11.5 Å². The average Bonchev–Trinajstić information content (AvgIpc) is 2.78. The molecule has 0 atom stereocenters. The number of hydrogen-bond donors (Lipinski definition) is 0. The highest BCUT2D eigenvalue weighted by Gasteiger charge is 2.06. The predicted molar refractivity (Wildman–Crippen MR) is 113 cm³/mol. The second kappa shape index (κ2) is 14.9. The zero-order chi connectivity index (χ0) is 21.3. The fraction of sp³-hybridized carbons (Fsp3) is 0.417. The van der Waals surface area contributed by atoms with Gasteiger partial charge in [0.2, 0.25) is 0 Å². The first-order chi connectivity index (χ1) is 14.7. The maximum Gasteiger partial charge on any atom is 0.305 e. The topological polar surface area (TPSA) is 71.1 Å². The molecule has 0 radical (unpaired) electrons. The van der Waals surface area contributed by atoms with Crippen LogP contribution in [-0.2, 0) is 19.1 Å². The van der Waals surface area contributed by atoms with Gasteiger partial charge in [0.25, 0.3) is 0 Å². The van der Waals surface area contributed by atoms with E-state index in [9.17, 15) is 9.59 Å². The van der Waals surface area contributed by atoms with Gasteiger partial charge in [-0.3, -0.25) is 9.59 Å². The van der Waals surface area contributed by atoms with Gasteiger partial charge in [-0.05, 0) is 37.1 Å². The largest absolute Gasteiger partial charge is 0.493 e. The quantitative estimate of drug-likeness (QED) is 0.314. The van der Waals surface area contributed by atoms with Crippen LogP contribution in [0.25, 0.3) is 0 Å². The zero-order valence-electron chi connectivity index (χ0n) is 17.3. The number of ether oxygens (including phenoxy) is 4. The predicted octanol–water partition coefficient (Wildman–Crippen LogP) is 4.57. The summed E-state index contributed by atoms with van der Waals surface area (Å²) in [5.41, 5.74) is 0. The summed E-state index contributed by atoms with van der Waals surface area (Å²) in [5.74, 6) is 1.11. The van der Waals surface area contributed by atoms with E-state index >= 15 is 0 Å². The Morgan fingerprint density at radius 3 is 1.33 bits per heavy atom. The first-order valence-electron chi connectivity index (χ1n) is 10.4. The lowest BCUT2D eigenvalue weighted by molar-refractivity contribution is -0.146. The lowest BCUT2D eigenvalue weighted by Crippen LogP contribution is -2.10. The highest BCUT2D eigenvalue weighted by Crippen LogP contribution is 2.09. The van der Waals surface area contributed by atoms with E-state index < -0.39 is 0 Å². The van der Waals surface area contributed by atoms with Gasteiger partial charge in [0.1, 0.15) is 11.5 Å². The summed E-state index contributed by atoms with van der Waals surface area (Å²) in [5, 5.41) is 0. The second-order valence-corrected chi connectivity index (χ2v) is 6.68. The summed E-state index contributed by atoms with van der Waals surface area (Å²) in [6.45, 7) is 1.66. The summed E-state index contributed by atoms with van der Waals surface area (Å²) in [4.78, 5) is 23.4. The molecule has 0 bridgehead atoms. The molecule has 0 saturated heterocycles. The van der Waals surface area contributed by atoms with E-state index in [0.29, 0.717) is 65.0 Å². The molecule has 2 aromatic rings. The van der Waals surface area contributed by atoms with Crippen LogP contribution in [0, 0.1) is 0 Å². The van der Waals surface area contributed by atoms with Crippen molar-refractivity contribution in [1.29, 1.82) is 0 Å². The summed E-state index contributed by atoms with van der Waals surface area (Å²) < 4.78 is 21.4. The lowest BCUT2D eigenvalue weighted by atomic mass is 10.2. The van der Waals surface area contributed by atoms with Gasteiger partial charge in [0.15, 0.2) is 0 Å². The summed E-state index contributed by atoms with van der Waals surface area (Å²) in [6.07, 6.45) is 3.09. The molecule has 30 heavy (non-hydrogen) atoms. The molecule has 0 spiro atoms. The Morgan fingerprint density at radius 2 is 0.933 bits per heavy atom. The van der Waals surface area contributed by atoms with Crippen molar-refractivity contribution in [3.05, 3.63) is 60.7 Å². The molecule has 0 aliphatic rings. The van der Waals surface area contributed by atoms with Crippen LogP contribution >= 0.6 is 0 Å². The van der Waals surface area contributed by atoms with Crippen LogP contribution in [0.3, 0.4) is 0 Å². The van der Waals surface area contributed by atoms with Gasteiger partial charge in [0.05, 0.1) is 26.4 Å². The number of benzene rings is 2. The Kier molecular flexibility index (Phi) is 11.6. The van der Waals surface area contributed by atoms with Gasteiger partial charge in [0, 0.05) is 25.7 Å². The number of unbranched alkanes of at least 4 members (excludes halogenated alkanes) is 1. The minimum Gasteiger partial charge on any atom is -0.493 e. The monoisotopic (exact) mass is 414 g/mol. The van der Waals surface area contributed by atoms with Crippen molar-refractivity contribution >= 4 is 11.9 Å². The third kappa shape index (κ3) is 11.1. The molecule has 0 saturated carbocycles. The smallest absolute Gasteiger partial charge is 0.305 e. The maximum atomic E-state index is 11.7. The number of para-hydroxylation sites is 2. The molecule has 0 unspecified atom stereocenters. The third-order valence-electron chi connectivity index (χ3n) is 4.14. The van der Waals surface area contributed by atoms with Gasteiger partial charge in [-0.1, -0.05) is 36.4 Å². The Morgan fingerprint density at radius 1 is 0.533 bits per heavy atom. The molecule has 0 N–H and O–H groups in total. The van der Waals surface area contributed by atoms with Crippen LogP contribution in [0.15, 0.2) is 60.7 Å². The summed E-state index contributed by atoms with van der Waals surface area (Å²) in [7, 11) is 0. The molecule has 6 heteroatoms. The fourth-order valence-electron chi connectivity index (χ4n) is 2.59. The number of carbonyl (C=O) groups excluding carboxylic acids is 2. The first kappa shape index (κ1) is 23.3. The van der Waals surface area contributed by atoms with E-state index in [4.69, 9.17) is 18.9 Å². The van der Waals surface area contributed by atoms with Crippen molar-refractivity contribution in [2.45, 2.75) is 38.5 Å². The highest BCUT2D eigenvalue weighted by molar-refractivity contribution is 5.70. The van der Waals surface area contributed by atoms with Crippen molar-refractivity contribution in [1.82, 2.24) is 0 Å². The van der Waals surface area contributed by atoms with Crippen LogP contribution < -0.4 is 9.47 Å². The van der Waals surface area contributed by atoms with Crippen molar-refractivity contribution in [3.8, 4) is 11.5 Å². The number of carbonyl (C=O) groups is 2. The standard InChI is InChI=1S/C24H30O6/c25-23(29-19-9-17-27-21-11-3-1-4-12-21)15-7-8-16-24(26)30-20-10-18-28-22-13-5-2-6-14-22/h1-6,11-14H,7-10,15-20H2. The SMILES string of the molecule is O=C(CCCCC(=O)OCCCOc1ccccc1)OCCCOc1ccccc1. The van der Waals surface area contributed by atoms with Crippen molar-refractivity contribution in [2.75, 3.05) is 26.4 Å². The number of esters is 2. The van der Waals surface area contributed by atoms with Crippen molar-refractivity contribution in [3.63, 3.8) is 0 Å². The molecule has 0 amide bonds. The van der Waals surface area contributed by atoms with Crippen molar-refractivity contribution < 1.29 is 28.5 Å². The summed E-state index contributed by atoms with van der Waals surface area (Å²) >= 11 is 0. The van der Waals surface area contributed by atoms with Gasteiger partial charge in [-0.15, -0.1) is 0 Å². The Hall–Kier alpha value is -3.02. The van der Waals surface area contributed by atoms with Gasteiger partial charge >= 0.3 is 11.9 Å². The van der Waals surface area contributed by atoms with Crippen LogP contribution in [-0.4, -0.2) is 38.4 Å². The Bertz CT molecular complexity index is 653. The summed E-state index contributed by atoms with van der Waals surface area (Å²) in [6, 6.07) is 19.0. The van der Waals surface area contributed by atoms with Gasteiger partial charge in [-0.25, -0.2) is 0 Å². The van der Waals surface area contributed by atoms with E-state index in [1.54, 1.807) is 0 Å². The molecule has 0 aromatic heterocycles. The van der Waals surface area contributed by atoms with Gasteiger partial charge < -0.3 is 18.9 Å². The molecule has 0 fully saturated rings. The van der Waals surface area contributed by atoms with E-state index in [-0.39, 0.29) is 11.9 Å². The minimum absolute atomic E-state index is 0.249. The van der Waals surface area contributed by atoms with Crippen molar-refractivity contribution in [2.24, 2.45) is 0 Å². The number of hydrogen-bond acceptors (Lipinski definition) is 6. The van der Waals surface area contributed by atoms with E-state index in [2.05, 4.69) is 0 Å². The first-order valence-corrected chi connectivity index (χ1v) is 10.4. The molecule has 2 rings (SSSR count). The molecule has 162 valence electrons. The molecule has 0 aliphatic carbocycles. The molecule has 0 aliphatic heterocycles. The third-order valence-corrected chi connectivity index (χ3v) is 4.14. The average molecular weight is 414 g/mol. The molecular formula is C24H30O6. The van der Waals surface area contributed by atoms with E-state index in [1.165, 1.54) is 0 Å². The molecular weight excluding hydrogens is 384 g/mol. The normalized spacial score (nSPS) is 10.3. The van der Waals surface area contributed by atoms with E-state index in [1.807, 2.05) is 60.7 Å². The highest BCUT2D eigenvalue weighted by atomic mass is 16.5. The Balaban J connectivity index is 1.37.